The average Bonchev–Trinajstić information content (AvgIpc) is 2.64. The fourth-order valence-electron chi connectivity index (χ4n) is 3.07. The first-order chi connectivity index (χ1) is 14.0. The first-order valence-electron chi connectivity index (χ1n) is 8.79. The lowest BCUT2D eigenvalue weighted by Crippen LogP contribution is -2.66. The van der Waals surface area contributed by atoms with Gasteiger partial charge in [0.1, 0.15) is 36.6 Å². The Morgan fingerprint density at radius 1 is 1.06 bits per heavy atom. The minimum absolute atomic E-state index is 0.161. The van der Waals surface area contributed by atoms with Gasteiger partial charge in [0.15, 0.2) is 6.29 Å². The van der Waals surface area contributed by atoms with Crippen LogP contribution in [-0.4, -0.2) is 121 Å². The fraction of sp³-hybridized carbons (Fsp3) is 0.857. The molecule has 12 N–H and O–H groups in total. The van der Waals surface area contributed by atoms with Crippen LogP contribution in [0, 0.1) is 5.41 Å². The molecule has 1 aliphatic heterocycles. The van der Waals surface area contributed by atoms with E-state index in [0.29, 0.717) is 0 Å². The Balaban J connectivity index is 0.000000861. The van der Waals surface area contributed by atoms with Crippen molar-refractivity contribution in [3.63, 3.8) is 0 Å². The summed E-state index contributed by atoms with van der Waals surface area (Å²) in [5.41, 5.74) is 5.94. The van der Waals surface area contributed by atoms with E-state index in [0.717, 1.165) is 0 Å². The maximum atomic E-state index is 10.7. The molecule has 2 fully saturated rings. The van der Waals surface area contributed by atoms with Crippen LogP contribution < -0.4 is 11.1 Å². The summed E-state index contributed by atoms with van der Waals surface area (Å²) in [6, 6.07) is -1.39. The molecular formula is C14H27N3O13S. The Kier molecular flexibility index (Phi) is 9.66. The lowest BCUT2D eigenvalue weighted by molar-refractivity contribution is -0.293. The molecule has 0 bridgehead atoms. The van der Waals surface area contributed by atoms with Crippen LogP contribution in [0.25, 0.3) is 0 Å². The lowest BCUT2D eigenvalue weighted by Gasteiger charge is -2.45. The van der Waals surface area contributed by atoms with E-state index < -0.39 is 83.3 Å². The van der Waals surface area contributed by atoms with Gasteiger partial charge in [-0.1, -0.05) is 0 Å². The molecule has 0 aromatic carbocycles. The number of aliphatic carboxylic acids is 1. The van der Waals surface area contributed by atoms with Crippen LogP contribution >= 0.6 is 0 Å². The molecule has 1 saturated heterocycles. The summed E-state index contributed by atoms with van der Waals surface area (Å²) in [7, 11) is -4.67. The third kappa shape index (κ3) is 7.84. The normalized spacial score (nSPS) is 40.9. The molecule has 0 unspecified atom stereocenters. The summed E-state index contributed by atoms with van der Waals surface area (Å²) in [4.78, 5) is 10.7. The molecule has 0 spiro atoms. The Morgan fingerprint density at radius 2 is 1.48 bits per heavy atom. The van der Waals surface area contributed by atoms with Gasteiger partial charge in [0.25, 0.3) is 0 Å². The van der Waals surface area contributed by atoms with Crippen LogP contribution in [0.4, 0.5) is 0 Å². The fourth-order valence-corrected chi connectivity index (χ4v) is 3.07. The van der Waals surface area contributed by atoms with Gasteiger partial charge >= 0.3 is 16.4 Å². The number of hydrogen-bond acceptors (Lipinski definition) is 12. The van der Waals surface area contributed by atoms with Crippen molar-refractivity contribution in [3.8, 4) is 0 Å². The smallest absolute Gasteiger partial charge is 0.394 e. The molecule has 0 amide bonds. The topological polar surface area (TPSA) is 293 Å². The summed E-state index contributed by atoms with van der Waals surface area (Å²) >= 11 is 0. The number of carboxylic acid groups (broad SMARTS) is 1. The predicted molar refractivity (Wildman–Crippen MR) is 98.3 cm³/mol. The molecule has 16 nitrogen and oxygen atoms in total. The van der Waals surface area contributed by atoms with Crippen molar-refractivity contribution in [2.75, 3.05) is 0 Å². The summed E-state index contributed by atoms with van der Waals surface area (Å²) in [5.74, 6) is -2.14. The first-order valence-corrected chi connectivity index (χ1v) is 10.2. The van der Waals surface area contributed by atoms with Crippen LogP contribution in [0.2, 0.25) is 0 Å². The quantitative estimate of drug-likeness (QED) is 0.103. The van der Waals surface area contributed by atoms with Gasteiger partial charge in [-0.2, -0.15) is 8.42 Å². The number of carbonyl (C=O) groups is 1. The summed E-state index contributed by atoms with van der Waals surface area (Å²) in [5, 5.41) is 67.6. The minimum Gasteiger partial charge on any atom is -0.475 e. The van der Waals surface area contributed by atoms with Crippen molar-refractivity contribution < 1.29 is 62.4 Å². The number of nitrogens with one attached hydrogen (secondary N) is 2. The number of amidine groups is 1. The monoisotopic (exact) mass is 477 g/mol. The Hall–Kier alpha value is -1.51. The SMILES string of the molecule is C[C@H]1O[C@H](O[C@H]2[C@H](O)[C@@H](O)[C@@H](O)[C@H](O)[C@@H]2O)[C@@H](N)C[C@@H]1NC(=N)C(=O)O.O=S(=O)(O)O. The predicted octanol–water partition coefficient (Wildman–Crippen LogP) is -4.98. The van der Waals surface area contributed by atoms with Crippen LogP contribution in [0.3, 0.4) is 0 Å². The summed E-state index contributed by atoms with van der Waals surface area (Å²) < 4.78 is 42.6. The molecule has 31 heavy (non-hydrogen) atoms. The highest BCUT2D eigenvalue weighted by Gasteiger charge is 2.50. The Bertz CT molecular complexity index is 713. The first kappa shape index (κ1) is 27.5. The zero-order valence-corrected chi connectivity index (χ0v) is 16.9. The second-order valence-corrected chi connectivity index (χ2v) is 7.94. The van der Waals surface area contributed by atoms with Gasteiger partial charge in [0.05, 0.1) is 18.2 Å². The zero-order valence-electron chi connectivity index (χ0n) is 16.1. The average molecular weight is 477 g/mol. The van der Waals surface area contributed by atoms with Gasteiger partial charge in [0, 0.05) is 0 Å². The second-order valence-electron chi connectivity index (χ2n) is 7.04. The van der Waals surface area contributed by atoms with Crippen LogP contribution in [-0.2, 0) is 24.7 Å². The lowest BCUT2D eigenvalue weighted by atomic mass is 9.84. The third-order valence-corrected chi connectivity index (χ3v) is 4.70. The standard InChI is InChI=1S/C14H25N3O9.H2O4S/c1-3-5(17-12(16)13(23)24)2-4(15)14(25-3)26-11-9(21)7(19)6(18)8(20)10(11)22;1-5(2,3)4/h3-11,14,18-22H,2,15H2,1H3,(H2,16,17)(H,23,24);(H2,1,2,3,4)/t3-,4+,5+,6-,7+,8+,9-,10+,11+,14-;/m1./s1. The number of aliphatic hydroxyl groups excluding tert-OH is 5. The van der Waals surface area contributed by atoms with E-state index in [-0.39, 0.29) is 6.42 Å². The highest BCUT2D eigenvalue weighted by atomic mass is 32.3. The van der Waals surface area contributed by atoms with Gasteiger partial charge in [0.2, 0.25) is 5.84 Å². The van der Waals surface area contributed by atoms with Gasteiger partial charge in [-0.25, -0.2) is 4.79 Å². The number of ether oxygens (including phenoxy) is 2. The molecule has 0 aromatic heterocycles. The molecule has 17 heteroatoms. The third-order valence-electron chi connectivity index (χ3n) is 4.70. The van der Waals surface area contributed by atoms with E-state index in [9.17, 15) is 30.3 Å². The van der Waals surface area contributed by atoms with Crippen molar-refractivity contribution in [1.29, 1.82) is 5.41 Å². The largest absolute Gasteiger partial charge is 0.475 e. The van der Waals surface area contributed by atoms with Crippen molar-refractivity contribution in [1.82, 2.24) is 5.32 Å². The maximum Gasteiger partial charge on any atom is 0.394 e. The highest BCUT2D eigenvalue weighted by Crippen LogP contribution is 2.28. The van der Waals surface area contributed by atoms with Gasteiger partial charge in [-0.3, -0.25) is 14.5 Å². The van der Waals surface area contributed by atoms with E-state index >= 15 is 0 Å². The summed E-state index contributed by atoms with van der Waals surface area (Å²) in [6.07, 6.45) is -11.7. The van der Waals surface area contributed by atoms with Crippen molar-refractivity contribution in [2.45, 2.75) is 74.4 Å². The molecule has 0 radical (unpaired) electrons. The van der Waals surface area contributed by atoms with Crippen molar-refractivity contribution in [3.05, 3.63) is 0 Å². The Morgan fingerprint density at radius 3 is 1.90 bits per heavy atom. The molecule has 1 heterocycles. The molecular weight excluding hydrogens is 450 g/mol. The van der Waals surface area contributed by atoms with Crippen LogP contribution in [0.15, 0.2) is 0 Å². The minimum atomic E-state index is -4.67. The molecule has 1 saturated carbocycles. The van der Waals surface area contributed by atoms with Gasteiger partial charge in [-0.15, -0.1) is 0 Å². The molecule has 2 aliphatic rings. The number of hydrogen-bond donors (Lipinski definition) is 11. The van der Waals surface area contributed by atoms with E-state index in [2.05, 4.69) is 5.32 Å². The molecule has 1 aliphatic carbocycles. The van der Waals surface area contributed by atoms with E-state index in [4.69, 9.17) is 43.2 Å². The molecule has 0 aromatic rings. The van der Waals surface area contributed by atoms with Gasteiger partial charge in [-0.05, 0) is 13.3 Å². The van der Waals surface area contributed by atoms with E-state index in [1.807, 2.05) is 0 Å². The summed E-state index contributed by atoms with van der Waals surface area (Å²) in [6.45, 7) is 1.59. The van der Waals surface area contributed by atoms with E-state index in [1.54, 1.807) is 6.92 Å². The van der Waals surface area contributed by atoms with Crippen molar-refractivity contribution in [2.24, 2.45) is 5.73 Å². The Labute approximate surface area is 176 Å². The molecule has 10 atom stereocenters. The zero-order chi connectivity index (χ0) is 24.3. The van der Waals surface area contributed by atoms with Gasteiger partial charge < -0.3 is 51.2 Å². The van der Waals surface area contributed by atoms with Crippen LogP contribution in [0.5, 0.6) is 0 Å². The second kappa shape index (κ2) is 10.9. The van der Waals surface area contributed by atoms with Crippen LogP contribution in [0.1, 0.15) is 13.3 Å². The van der Waals surface area contributed by atoms with E-state index in [1.165, 1.54) is 0 Å². The number of carboxylic acids is 1. The molecule has 182 valence electrons. The molecule has 2 rings (SSSR count). The highest BCUT2D eigenvalue weighted by molar-refractivity contribution is 7.79. The number of aliphatic hydroxyl groups is 5. The number of rotatable bonds is 3. The number of nitrogens with two attached hydrogens (primary N) is 1. The van der Waals surface area contributed by atoms with Crippen molar-refractivity contribution >= 4 is 22.2 Å². The maximum absolute atomic E-state index is 10.7.